The Bertz CT molecular complexity index is 850. The number of hydrogen-bond acceptors (Lipinski definition) is 5. The van der Waals surface area contributed by atoms with Crippen LogP contribution >= 0.6 is 0 Å². The van der Waals surface area contributed by atoms with E-state index in [1.54, 1.807) is 38.1 Å². The van der Waals surface area contributed by atoms with E-state index in [1.807, 2.05) is 13.8 Å². The normalized spacial score (nSPS) is 20.8. The fourth-order valence-electron chi connectivity index (χ4n) is 3.98. The van der Waals surface area contributed by atoms with Crippen LogP contribution in [0.3, 0.4) is 0 Å². The van der Waals surface area contributed by atoms with E-state index in [0.29, 0.717) is 11.3 Å². The highest BCUT2D eigenvalue weighted by atomic mass is 16.5. The third kappa shape index (κ3) is 3.59. The van der Waals surface area contributed by atoms with Gasteiger partial charge in [-0.1, -0.05) is 26.0 Å². The Morgan fingerprint density at radius 2 is 1.86 bits per heavy atom. The Morgan fingerprint density at radius 1 is 1.17 bits per heavy atom. The van der Waals surface area contributed by atoms with Crippen LogP contribution < -0.4 is 10.2 Å². The maximum Gasteiger partial charge on any atom is 0.354 e. The second kappa shape index (κ2) is 7.85. The van der Waals surface area contributed by atoms with Gasteiger partial charge >= 0.3 is 5.97 Å². The Balaban J connectivity index is 2.02. The van der Waals surface area contributed by atoms with Gasteiger partial charge in [0.2, 0.25) is 11.6 Å². The molecule has 8 heteroatoms. The van der Waals surface area contributed by atoms with Gasteiger partial charge in [0.15, 0.2) is 6.61 Å². The zero-order valence-electron chi connectivity index (χ0n) is 17.2. The molecule has 0 spiro atoms. The lowest BCUT2D eigenvalue weighted by molar-refractivity contribution is -0.160. The van der Waals surface area contributed by atoms with Crippen molar-refractivity contribution in [2.45, 2.75) is 52.2 Å². The highest BCUT2D eigenvalue weighted by Gasteiger charge is 2.62. The minimum Gasteiger partial charge on any atom is -0.452 e. The largest absolute Gasteiger partial charge is 0.452 e. The van der Waals surface area contributed by atoms with Crippen LogP contribution in [0.15, 0.2) is 24.3 Å². The molecule has 0 bridgehead atoms. The lowest BCUT2D eigenvalue weighted by Crippen LogP contribution is -2.69. The smallest absolute Gasteiger partial charge is 0.354 e. The predicted molar refractivity (Wildman–Crippen MR) is 106 cm³/mol. The Morgan fingerprint density at radius 3 is 2.52 bits per heavy atom. The number of esters is 1. The van der Waals surface area contributed by atoms with Crippen molar-refractivity contribution in [1.82, 2.24) is 10.2 Å². The molecule has 3 rings (SSSR count). The van der Waals surface area contributed by atoms with Crippen molar-refractivity contribution in [1.29, 1.82) is 0 Å². The first kappa shape index (κ1) is 20.8. The number of amides is 3. The Hall–Kier alpha value is -2.90. The summed E-state index contributed by atoms with van der Waals surface area (Å²) in [5, 5.41) is 2.66. The van der Waals surface area contributed by atoms with Crippen LogP contribution in [0.1, 0.15) is 50.9 Å². The maximum absolute atomic E-state index is 13.3. The van der Waals surface area contributed by atoms with Crippen LogP contribution in [0.5, 0.6) is 0 Å². The first-order chi connectivity index (χ1) is 13.7. The summed E-state index contributed by atoms with van der Waals surface area (Å²) in [7, 11) is 0. The van der Waals surface area contributed by atoms with Crippen LogP contribution in [-0.2, 0) is 19.1 Å². The number of rotatable bonds is 6. The molecule has 0 saturated carbocycles. The van der Waals surface area contributed by atoms with Crippen molar-refractivity contribution in [3.63, 3.8) is 0 Å². The molecule has 1 saturated heterocycles. The van der Waals surface area contributed by atoms with E-state index in [4.69, 9.17) is 4.74 Å². The van der Waals surface area contributed by atoms with E-state index < -0.39 is 24.1 Å². The zero-order chi connectivity index (χ0) is 21.3. The van der Waals surface area contributed by atoms with Gasteiger partial charge in [0, 0.05) is 25.4 Å². The lowest BCUT2D eigenvalue weighted by atomic mass is 9.95. The second-order valence-electron chi connectivity index (χ2n) is 8.17. The molecule has 1 aromatic carbocycles. The van der Waals surface area contributed by atoms with E-state index in [-0.39, 0.29) is 43.2 Å². The fraction of sp³-hybridized carbons (Fsp3) is 0.524. The third-order valence-corrected chi connectivity index (χ3v) is 5.03. The Kier molecular flexibility index (Phi) is 5.64. The number of carbonyl (C=O) groups excluding carboxylic acids is 4. The number of para-hydroxylation sites is 1. The molecule has 3 amide bonds. The highest BCUT2D eigenvalue weighted by molar-refractivity contribution is 6.15. The molecule has 1 aromatic rings. The number of hydrogen-bond donors (Lipinski definition) is 1. The van der Waals surface area contributed by atoms with Crippen molar-refractivity contribution in [2.24, 2.45) is 5.92 Å². The third-order valence-electron chi connectivity index (χ3n) is 5.03. The van der Waals surface area contributed by atoms with Crippen molar-refractivity contribution < 1.29 is 23.9 Å². The van der Waals surface area contributed by atoms with Crippen molar-refractivity contribution in [3.05, 3.63) is 29.8 Å². The first-order valence-electron chi connectivity index (χ1n) is 9.89. The molecule has 1 N–H and O–H groups in total. The van der Waals surface area contributed by atoms with E-state index in [1.165, 1.54) is 9.80 Å². The Labute approximate surface area is 170 Å². The van der Waals surface area contributed by atoms with Gasteiger partial charge in [0.1, 0.15) is 0 Å². The van der Waals surface area contributed by atoms with Gasteiger partial charge in [-0.15, -0.1) is 0 Å². The molecule has 0 radical (unpaired) electrons. The number of ether oxygens (including phenoxy) is 1. The molecular formula is C21H27N3O5. The van der Waals surface area contributed by atoms with Gasteiger partial charge in [-0.25, -0.2) is 4.79 Å². The fourth-order valence-corrected chi connectivity index (χ4v) is 3.98. The van der Waals surface area contributed by atoms with Crippen molar-refractivity contribution in [3.8, 4) is 0 Å². The quantitative estimate of drug-likeness (QED) is 0.732. The summed E-state index contributed by atoms with van der Waals surface area (Å²) in [5.74, 6) is -1.69. The number of nitrogens with zero attached hydrogens (tertiary/aromatic N) is 2. The summed E-state index contributed by atoms with van der Waals surface area (Å²) in [6.45, 7) is 7.29. The molecule has 2 aliphatic heterocycles. The molecule has 1 atom stereocenters. The summed E-state index contributed by atoms with van der Waals surface area (Å²) in [6, 6.07) is 6.68. The molecular weight excluding hydrogens is 374 g/mol. The van der Waals surface area contributed by atoms with Crippen LogP contribution in [0, 0.1) is 5.92 Å². The standard InChI is InChI=1S/C21H27N3O5/c1-13(2)11-23-19(27)15-7-5-6-8-16(15)24-18(26)9-10-21(23,24)20(28)29-12-17(25)22-14(3)4/h5-8,13-14H,9-12H2,1-4H3,(H,22,25)/t21-/m0/s1. The molecule has 0 unspecified atom stereocenters. The number of fused-ring (bicyclic) bond motifs is 3. The molecule has 1 fully saturated rings. The average molecular weight is 401 g/mol. The van der Waals surface area contributed by atoms with Crippen LogP contribution in [0.2, 0.25) is 0 Å². The summed E-state index contributed by atoms with van der Waals surface area (Å²) in [5.41, 5.74) is -0.779. The van der Waals surface area contributed by atoms with Gasteiger partial charge in [0.25, 0.3) is 11.8 Å². The van der Waals surface area contributed by atoms with E-state index >= 15 is 0 Å². The molecule has 2 aliphatic rings. The molecule has 29 heavy (non-hydrogen) atoms. The second-order valence-corrected chi connectivity index (χ2v) is 8.17. The number of nitrogens with one attached hydrogen (secondary N) is 1. The van der Waals surface area contributed by atoms with Gasteiger partial charge in [0.05, 0.1) is 11.3 Å². The van der Waals surface area contributed by atoms with Crippen LogP contribution in [-0.4, -0.2) is 53.4 Å². The van der Waals surface area contributed by atoms with Crippen LogP contribution in [0.25, 0.3) is 0 Å². The van der Waals surface area contributed by atoms with Crippen LogP contribution in [0.4, 0.5) is 5.69 Å². The lowest BCUT2D eigenvalue weighted by Gasteiger charge is -2.48. The SMILES string of the molecule is CC(C)CN1C(=O)c2ccccc2N2C(=O)CC[C@]12C(=O)OCC(=O)NC(C)C. The molecule has 2 heterocycles. The summed E-state index contributed by atoms with van der Waals surface area (Å²) < 4.78 is 5.33. The topological polar surface area (TPSA) is 96.0 Å². The molecule has 0 aromatic heterocycles. The average Bonchev–Trinajstić information content (AvgIpc) is 3.01. The monoisotopic (exact) mass is 401 g/mol. The minimum atomic E-state index is -1.56. The highest BCUT2D eigenvalue weighted by Crippen LogP contribution is 2.45. The number of benzene rings is 1. The summed E-state index contributed by atoms with van der Waals surface area (Å²) in [6.07, 6.45) is 0.243. The molecule has 8 nitrogen and oxygen atoms in total. The maximum atomic E-state index is 13.3. The van der Waals surface area contributed by atoms with E-state index in [2.05, 4.69) is 5.32 Å². The zero-order valence-corrected chi connectivity index (χ0v) is 17.2. The van der Waals surface area contributed by atoms with Gasteiger partial charge in [-0.2, -0.15) is 0 Å². The molecule has 156 valence electrons. The molecule has 0 aliphatic carbocycles. The van der Waals surface area contributed by atoms with E-state index in [0.717, 1.165) is 0 Å². The summed E-state index contributed by atoms with van der Waals surface area (Å²) in [4.78, 5) is 54.2. The van der Waals surface area contributed by atoms with Gasteiger partial charge in [-0.3, -0.25) is 19.3 Å². The number of carbonyl (C=O) groups is 4. The number of anilines is 1. The van der Waals surface area contributed by atoms with Gasteiger partial charge < -0.3 is 15.0 Å². The van der Waals surface area contributed by atoms with Crippen molar-refractivity contribution >= 4 is 29.4 Å². The predicted octanol–water partition coefficient (Wildman–Crippen LogP) is 1.69. The van der Waals surface area contributed by atoms with Crippen molar-refractivity contribution in [2.75, 3.05) is 18.1 Å². The first-order valence-corrected chi connectivity index (χ1v) is 9.89. The van der Waals surface area contributed by atoms with E-state index in [9.17, 15) is 19.2 Å². The van der Waals surface area contributed by atoms with Gasteiger partial charge in [-0.05, 0) is 31.9 Å². The minimum absolute atomic E-state index is 0.0654. The summed E-state index contributed by atoms with van der Waals surface area (Å²) >= 11 is 0.